The van der Waals surface area contributed by atoms with Gasteiger partial charge in [-0.2, -0.15) is 0 Å². The van der Waals surface area contributed by atoms with Crippen molar-refractivity contribution in [1.82, 2.24) is 10.6 Å². The molecule has 98 valence electrons. The zero-order chi connectivity index (χ0) is 12.5. The molecule has 2 aliphatic heterocycles. The number of carbonyl (C=O) groups excluding carboxylic acids is 1. The molecule has 2 fully saturated rings. The smallest absolute Gasteiger partial charge is 0.223 e. The van der Waals surface area contributed by atoms with Gasteiger partial charge in [-0.05, 0) is 31.8 Å². The van der Waals surface area contributed by atoms with Gasteiger partial charge in [-0.25, -0.2) is 8.42 Å². The Bertz CT molecular complexity index is 390. The quantitative estimate of drug-likeness (QED) is 0.720. The van der Waals surface area contributed by atoms with Crippen LogP contribution in [0, 0.1) is 11.8 Å². The second-order valence-electron chi connectivity index (χ2n) is 5.17. The maximum atomic E-state index is 11.9. The van der Waals surface area contributed by atoms with Crippen LogP contribution < -0.4 is 10.6 Å². The lowest BCUT2D eigenvalue weighted by Gasteiger charge is -2.33. The van der Waals surface area contributed by atoms with Crippen LogP contribution in [0.3, 0.4) is 0 Å². The Balaban J connectivity index is 1.85. The van der Waals surface area contributed by atoms with E-state index < -0.39 is 9.84 Å². The van der Waals surface area contributed by atoms with Gasteiger partial charge in [0.25, 0.3) is 0 Å². The van der Waals surface area contributed by atoms with Crippen molar-refractivity contribution >= 4 is 15.7 Å². The molecule has 2 rings (SSSR count). The minimum absolute atomic E-state index is 0.00130. The van der Waals surface area contributed by atoms with Gasteiger partial charge >= 0.3 is 0 Å². The Kier molecular flexibility index (Phi) is 3.73. The summed E-state index contributed by atoms with van der Waals surface area (Å²) in [5.41, 5.74) is 0. The van der Waals surface area contributed by atoms with Crippen LogP contribution in [0.5, 0.6) is 0 Å². The second kappa shape index (κ2) is 4.94. The van der Waals surface area contributed by atoms with E-state index >= 15 is 0 Å². The minimum Gasteiger partial charge on any atom is -0.352 e. The fraction of sp³-hybridized carbons (Fsp3) is 0.909. The summed E-state index contributed by atoms with van der Waals surface area (Å²) in [6.07, 6.45) is 1.44. The van der Waals surface area contributed by atoms with E-state index in [1.807, 2.05) is 6.92 Å². The maximum absolute atomic E-state index is 11.9. The molecule has 2 saturated heterocycles. The molecule has 17 heavy (non-hydrogen) atoms. The van der Waals surface area contributed by atoms with Crippen LogP contribution in [-0.4, -0.2) is 45.0 Å². The van der Waals surface area contributed by atoms with Crippen molar-refractivity contribution in [2.45, 2.75) is 25.8 Å². The van der Waals surface area contributed by atoms with E-state index in [0.717, 1.165) is 19.5 Å². The fourth-order valence-electron chi connectivity index (χ4n) is 2.35. The van der Waals surface area contributed by atoms with Gasteiger partial charge in [0, 0.05) is 12.0 Å². The Hall–Kier alpha value is -0.620. The Morgan fingerprint density at radius 1 is 1.41 bits per heavy atom. The van der Waals surface area contributed by atoms with Crippen molar-refractivity contribution in [3.8, 4) is 0 Å². The highest BCUT2D eigenvalue weighted by Crippen LogP contribution is 2.18. The Morgan fingerprint density at radius 2 is 2.12 bits per heavy atom. The summed E-state index contributed by atoms with van der Waals surface area (Å²) in [6.45, 7) is 3.69. The van der Waals surface area contributed by atoms with Crippen LogP contribution in [0.15, 0.2) is 0 Å². The average molecular weight is 260 g/mol. The van der Waals surface area contributed by atoms with E-state index in [-0.39, 0.29) is 29.4 Å². The summed E-state index contributed by atoms with van der Waals surface area (Å²) in [4.78, 5) is 11.9. The van der Waals surface area contributed by atoms with Gasteiger partial charge in [-0.1, -0.05) is 6.92 Å². The normalized spacial score (nSPS) is 30.3. The number of carbonyl (C=O) groups is 1. The highest BCUT2D eigenvalue weighted by Gasteiger charge is 2.31. The van der Waals surface area contributed by atoms with Gasteiger partial charge in [-0.15, -0.1) is 0 Å². The van der Waals surface area contributed by atoms with E-state index in [1.165, 1.54) is 0 Å². The van der Waals surface area contributed by atoms with Crippen LogP contribution >= 0.6 is 0 Å². The molecule has 2 atom stereocenters. The van der Waals surface area contributed by atoms with Crippen LogP contribution in [0.4, 0.5) is 0 Å². The zero-order valence-corrected chi connectivity index (χ0v) is 10.9. The van der Waals surface area contributed by atoms with E-state index in [2.05, 4.69) is 10.6 Å². The molecule has 0 aliphatic carbocycles. The number of hydrogen-bond donors (Lipinski definition) is 2. The van der Waals surface area contributed by atoms with Crippen molar-refractivity contribution in [3.63, 3.8) is 0 Å². The molecular weight excluding hydrogens is 240 g/mol. The minimum atomic E-state index is -2.94. The first-order chi connectivity index (χ1) is 7.98. The predicted molar refractivity (Wildman–Crippen MR) is 65.3 cm³/mol. The van der Waals surface area contributed by atoms with Gasteiger partial charge < -0.3 is 10.6 Å². The first kappa shape index (κ1) is 12.8. The van der Waals surface area contributed by atoms with Gasteiger partial charge in [0.2, 0.25) is 5.91 Å². The van der Waals surface area contributed by atoms with Gasteiger partial charge in [0.05, 0.1) is 11.5 Å². The summed E-state index contributed by atoms with van der Waals surface area (Å²) >= 11 is 0. The molecule has 0 aromatic rings. The largest absolute Gasteiger partial charge is 0.352 e. The monoisotopic (exact) mass is 260 g/mol. The SMILES string of the molecule is CC(C(=O)NC1CCCS(=O)(=O)C1)C1CNC1. The third-order valence-corrected chi connectivity index (χ3v) is 5.56. The highest BCUT2D eigenvalue weighted by molar-refractivity contribution is 7.91. The molecule has 6 heteroatoms. The topological polar surface area (TPSA) is 75.3 Å². The van der Waals surface area contributed by atoms with Crippen molar-refractivity contribution in [1.29, 1.82) is 0 Å². The molecule has 2 unspecified atom stereocenters. The number of amides is 1. The van der Waals surface area contributed by atoms with Crippen LogP contribution in [-0.2, 0) is 14.6 Å². The van der Waals surface area contributed by atoms with Crippen molar-refractivity contribution in [2.75, 3.05) is 24.6 Å². The molecule has 2 N–H and O–H groups in total. The molecule has 2 aliphatic rings. The lowest BCUT2D eigenvalue weighted by molar-refractivity contribution is -0.127. The number of hydrogen-bond acceptors (Lipinski definition) is 4. The summed E-state index contributed by atoms with van der Waals surface area (Å²) < 4.78 is 22.9. The molecule has 1 amide bonds. The summed E-state index contributed by atoms with van der Waals surface area (Å²) in [7, 11) is -2.94. The third-order valence-electron chi connectivity index (χ3n) is 3.74. The molecular formula is C11H20N2O3S. The summed E-state index contributed by atoms with van der Waals surface area (Å²) in [5, 5.41) is 6.02. The first-order valence-electron chi connectivity index (χ1n) is 6.19. The molecule has 0 radical (unpaired) electrons. The first-order valence-corrected chi connectivity index (χ1v) is 8.01. The van der Waals surface area contributed by atoms with E-state index in [9.17, 15) is 13.2 Å². The van der Waals surface area contributed by atoms with Crippen LogP contribution in [0.25, 0.3) is 0 Å². The van der Waals surface area contributed by atoms with Crippen LogP contribution in [0.2, 0.25) is 0 Å². The van der Waals surface area contributed by atoms with Gasteiger partial charge in [0.15, 0.2) is 9.84 Å². The van der Waals surface area contributed by atoms with Gasteiger partial charge in [-0.3, -0.25) is 4.79 Å². The molecule has 5 nitrogen and oxygen atoms in total. The third kappa shape index (κ3) is 3.19. The zero-order valence-electron chi connectivity index (χ0n) is 10.1. The molecule has 0 aromatic heterocycles. The number of sulfone groups is 1. The molecule has 0 spiro atoms. The molecule has 0 bridgehead atoms. The number of rotatable bonds is 3. The Morgan fingerprint density at radius 3 is 2.65 bits per heavy atom. The van der Waals surface area contributed by atoms with Crippen LogP contribution in [0.1, 0.15) is 19.8 Å². The lowest BCUT2D eigenvalue weighted by atomic mass is 9.88. The molecule has 0 aromatic carbocycles. The van der Waals surface area contributed by atoms with E-state index in [0.29, 0.717) is 12.3 Å². The number of nitrogens with one attached hydrogen (secondary N) is 2. The second-order valence-corrected chi connectivity index (χ2v) is 7.40. The van der Waals surface area contributed by atoms with Crippen molar-refractivity contribution in [2.24, 2.45) is 11.8 Å². The fourth-order valence-corrected chi connectivity index (χ4v) is 3.98. The van der Waals surface area contributed by atoms with E-state index in [4.69, 9.17) is 0 Å². The van der Waals surface area contributed by atoms with Gasteiger partial charge in [0.1, 0.15) is 0 Å². The summed E-state index contributed by atoms with van der Waals surface area (Å²) in [6, 6.07) is -0.184. The van der Waals surface area contributed by atoms with Crippen molar-refractivity contribution in [3.05, 3.63) is 0 Å². The highest BCUT2D eigenvalue weighted by atomic mass is 32.2. The van der Waals surface area contributed by atoms with Crippen molar-refractivity contribution < 1.29 is 13.2 Å². The molecule has 2 heterocycles. The molecule has 0 saturated carbocycles. The average Bonchev–Trinajstić information content (AvgIpc) is 2.12. The lowest BCUT2D eigenvalue weighted by Crippen LogP contribution is -2.52. The maximum Gasteiger partial charge on any atom is 0.223 e. The Labute approximate surface area is 102 Å². The standard InChI is InChI=1S/C11H20N2O3S/c1-8(9-5-12-6-9)11(14)13-10-3-2-4-17(15,16)7-10/h8-10,12H,2-7H2,1H3,(H,13,14). The van der Waals surface area contributed by atoms with E-state index in [1.54, 1.807) is 0 Å². The summed E-state index contributed by atoms with van der Waals surface area (Å²) in [5.74, 6) is 0.741. The predicted octanol–water partition coefficient (Wildman–Crippen LogP) is -0.465.